The third-order valence-electron chi connectivity index (χ3n) is 6.64. The first kappa shape index (κ1) is 31.7. The fraction of sp³-hybridized carbons (Fsp3) is 0.467. The molecule has 2 aromatic rings. The van der Waals surface area contributed by atoms with Gasteiger partial charge in [-0.2, -0.15) is 0 Å². The first-order valence-corrected chi connectivity index (χ1v) is 16.0. The van der Waals surface area contributed by atoms with Crippen LogP contribution in [0, 0.1) is 3.82 Å². The summed E-state index contributed by atoms with van der Waals surface area (Å²) in [6.45, 7) is 1.96. The van der Waals surface area contributed by atoms with Gasteiger partial charge >= 0.3 is 5.97 Å². The molecule has 0 N–H and O–H groups in total. The molecule has 1 aliphatic carbocycles. The lowest BCUT2D eigenvalue weighted by Crippen LogP contribution is -2.25. The Bertz CT molecular complexity index is 1280. The van der Waals surface area contributed by atoms with Gasteiger partial charge in [0, 0.05) is 16.0 Å². The number of carbonyl (C=O) groups is 3. The molecule has 40 heavy (non-hydrogen) atoms. The summed E-state index contributed by atoms with van der Waals surface area (Å²) in [6, 6.07) is 9.59. The summed E-state index contributed by atoms with van der Waals surface area (Å²) < 4.78 is 21.9. The Hall–Kier alpha value is -2.82. The fourth-order valence-corrected chi connectivity index (χ4v) is 6.82. The van der Waals surface area contributed by atoms with E-state index in [9.17, 15) is 14.4 Å². The monoisotopic (exact) mass is 604 g/mol. The predicted molar refractivity (Wildman–Crippen MR) is 160 cm³/mol. The molecule has 0 aliphatic heterocycles. The number of methoxy groups -OCH3 is 2. The number of carbonyl (C=O) groups excluding carboxylic acids is 3. The number of esters is 1. The van der Waals surface area contributed by atoms with E-state index in [1.807, 2.05) is 30.3 Å². The SMILES string of the molecule is COC1=C(OC)C(=O)C(CCCCCCCCCCOC(=O)COc2ccc(-c3cc(=S)ss3)cc2)=C(C)C1=O. The van der Waals surface area contributed by atoms with Crippen LogP contribution in [0.15, 0.2) is 53.0 Å². The number of benzene rings is 1. The molecule has 0 spiro atoms. The predicted octanol–water partition coefficient (Wildman–Crippen LogP) is 7.61. The highest BCUT2D eigenvalue weighted by atomic mass is 32.9. The number of Topliss-reactive ketones (excluding diaryl/α,β-unsaturated/α-hetero) is 2. The van der Waals surface area contributed by atoms with Gasteiger partial charge in [0.15, 0.2) is 6.61 Å². The summed E-state index contributed by atoms with van der Waals surface area (Å²) in [4.78, 5) is 38.2. The Labute approximate surface area is 248 Å². The molecule has 0 atom stereocenters. The van der Waals surface area contributed by atoms with Crippen LogP contribution < -0.4 is 4.74 Å². The van der Waals surface area contributed by atoms with Gasteiger partial charge in [0.2, 0.25) is 23.1 Å². The van der Waals surface area contributed by atoms with Gasteiger partial charge in [0.05, 0.1) is 20.8 Å². The molecule has 1 aliphatic rings. The van der Waals surface area contributed by atoms with Gasteiger partial charge in [-0.05, 0) is 62.1 Å². The highest BCUT2D eigenvalue weighted by Crippen LogP contribution is 2.31. The number of allylic oxidation sites excluding steroid dienone is 2. The number of rotatable bonds is 17. The zero-order chi connectivity index (χ0) is 28.9. The molecule has 1 aromatic carbocycles. The van der Waals surface area contributed by atoms with E-state index in [0.717, 1.165) is 65.6 Å². The van der Waals surface area contributed by atoms with E-state index in [-0.39, 0.29) is 35.7 Å². The van der Waals surface area contributed by atoms with Crippen LogP contribution in [0.5, 0.6) is 5.75 Å². The Kier molecular flexibility index (Phi) is 13.0. The zero-order valence-corrected chi connectivity index (χ0v) is 25.7. The first-order chi connectivity index (χ1) is 19.3. The van der Waals surface area contributed by atoms with Crippen molar-refractivity contribution in [3.63, 3.8) is 0 Å². The van der Waals surface area contributed by atoms with Crippen LogP contribution in [-0.2, 0) is 28.6 Å². The Morgan fingerprint density at radius 1 is 0.825 bits per heavy atom. The summed E-state index contributed by atoms with van der Waals surface area (Å²) in [7, 11) is 5.97. The van der Waals surface area contributed by atoms with Gasteiger partial charge < -0.3 is 18.9 Å². The Morgan fingerprint density at radius 2 is 1.43 bits per heavy atom. The number of ketones is 2. The minimum absolute atomic E-state index is 0.00136. The normalized spacial score (nSPS) is 13.6. The molecule has 0 unspecified atom stereocenters. The molecule has 0 saturated heterocycles. The van der Waals surface area contributed by atoms with Crippen molar-refractivity contribution < 1.29 is 33.3 Å². The van der Waals surface area contributed by atoms with E-state index in [1.54, 1.807) is 27.6 Å². The van der Waals surface area contributed by atoms with Crippen LogP contribution in [-0.4, -0.2) is 45.0 Å². The van der Waals surface area contributed by atoms with Crippen molar-refractivity contribution in [3.05, 3.63) is 56.8 Å². The average Bonchev–Trinajstić information content (AvgIpc) is 3.40. The van der Waals surface area contributed by atoms with Crippen LogP contribution in [0.25, 0.3) is 10.4 Å². The van der Waals surface area contributed by atoms with Crippen molar-refractivity contribution in [3.8, 4) is 16.2 Å². The lowest BCUT2D eigenvalue weighted by Gasteiger charge is -2.20. The zero-order valence-electron chi connectivity index (χ0n) is 23.2. The lowest BCUT2D eigenvalue weighted by molar-refractivity contribution is -0.146. The number of hydrogen-bond donors (Lipinski definition) is 0. The van der Waals surface area contributed by atoms with Crippen LogP contribution in [0.3, 0.4) is 0 Å². The van der Waals surface area contributed by atoms with Gasteiger partial charge in [0.25, 0.3) is 0 Å². The van der Waals surface area contributed by atoms with Crippen molar-refractivity contribution >= 4 is 50.4 Å². The summed E-state index contributed by atoms with van der Waals surface area (Å²) >= 11 is 5.18. The molecule has 0 fully saturated rings. The van der Waals surface area contributed by atoms with Gasteiger partial charge in [-0.3, -0.25) is 9.59 Å². The van der Waals surface area contributed by atoms with E-state index in [1.165, 1.54) is 14.2 Å². The quantitative estimate of drug-likeness (QED) is 0.0599. The van der Waals surface area contributed by atoms with Crippen molar-refractivity contribution in [1.82, 2.24) is 0 Å². The molecule has 0 amide bonds. The van der Waals surface area contributed by atoms with E-state index in [0.29, 0.717) is 29.9 Å². The van der Waals surface area contributed by atoms with Crippen molar-refractivity contribution in [1.29, 1.82) is 0 Å². The van der Waals surface area contributed by atoms with Gasteiger partial charge in [-0.15, -0.1) is 0 Å². The third-order valence-corrected chi connectivity index (χ3v) is 9.55. The number of unbranched alkanes of at least 4 members (excludes halogenated alkanes) is 7. The summed E-state index contributed by atoms with van der Waals surface area (Å²) in [5, 5.41) is 0. The van der Waals surface area contributed by atoms with Crippen molar-refractivity contribution in [2.45, 2.75) is 64.7 Å². The highest BCUT2D eigenvalue weighted by Gasteiger charge is 2.34. The second-order valence-electron chi connectivity index (χ2n) is 9.43. The molecule has 0 bridgehead atoms. The van der Waals surface area contributed by atoms with Crippen LogP contribution in [0.4, 0.5) is 0 Å². The Balaban J connectivity index is 1.19. The summed E-state index contributed by atoms with van der Waals surface area (Å²) in [5.74, 6) is -0.283. The molecule has 1 aromatic heterocycles. The molecule has 1 heterocycles. The van der Waals surface area contributed by atoms with E-state index in [4.69, 9.17) is 31.2 Å². The third kappa shape index (κ3) is 9.11. The van der Waals surface area contributed by atoms with Crippen molar-refractivity contribution in [2.75, 3.05) is 27.4 Å². The van der Waals surface area contributed by atoms with E-state index in [2.05, 4.69) is 0 Å². The standard InChI is InChI=1S/C30H36O7S3/c1-20-23(28(33)30(35-3)29(34-2)27(20)32)12-10-8-6-4-5-7-9-11-17-36-25(31)19-37-22-15-13-21(14-16-22)24-18-26(38)40-39-24/h13-16,18H,4-12,17,19H2,1-3H3. The van der Waals surface area contributed by atoms with Crippen LogP contribution in [0.1, 0.15) is 64.7 Å². The molecule has 0 saturated carbocycles. The second-order valence-corrected chi connectivity index (χ2v) is 12.3. The maximum atomic E-state index is 12.7. The summed E-state index contributed by atoms with van der Waals surface area (Å²) in [5.41, 5.74) is 2.06. The summed E-state index contributed by atoms with van der Waals surface area (Å²) in [6.07, 6.45) is 8.60. The molecule has 3 rings (SSSR count). The maximum absolute atomic E-state index is 12.7. The molecule has 7 nitrogen and oxygen atoms in total. The number of hydrogen-bond acceptors (Lipinski definition) is 10. The smallest absolute Gasteiger partial charge is 0.344 e. The molecule has 216 valence electrons. The average molecular weight is 605 g/mol. The maximum Gasteiger partial charge on any atom is 0.344 e. The van der Waals surface area contributed by atoms with Crippen LogP contribution >= 0.6 is 32.9 Å². The fourth-order valence-electron chi connectivity index (χ4n) is 4.42. The van der Waals surface area contributed by atoms with E-state index < -0.39 is 0 Å². The molecular weight excluding hydrogens is 569 g/mol. The molecule has 0 radical (unpaired) electrons. The highest BCUT2D eigenvalue weighted by molar-refractivity contribution is 7.80. The van der Waals surface area contributed by atoms with Gasteiger partial charge in [-0.25, -0.2) is 4.79 Å². The van der Waals surface area contributed by atoms with Gasteiger partial charge in [-0.1, -0.05) is 71.4 Å². The topological polar surface area (TPSA) is 88.1 Å². The Morgan fingerprint density at radius 3 is 2.02 bits per heavy atom. The minimum Gasteiger partial charge on any atom is -0.489 e. The van der Waals surface area contributed by atoms with Crippen molar-refractivity contribution in [2.24, 2.45) is 0 Å². The first-order valence-electron chi connectivity index (χ1n) is 13.5. The largest absolute Gasteiger partial charge is 0.489 e. The van der Waals surface area contributed by atoms with Crippen LogP contribution in [0.2, 0.25) is 0 Å². The minimum atomic E-state index is -0.366. The van der Waals surface area contributed by atoms with Gasteiger partial charge in [0.1, 0.15) is 9.57 Å². The molecule has 10 heteroatoms. The van der Waals surface area contributed by atoms with E-state index >= 15 is 0 Å². The number of ether oxygens (including phenoxy) is 4. The lowest BCUT2D eigenvalue weighted by atomic mass is 9.89. The second kappa shape index (κ2) is 16.4. The molecular formula is C30H36O7S3.